The minimum absolute atomic E-state index is 0.0160. The molecule has 3 nitrogen and oxygen atoms in total. The molecule has 0 aromatic heterocycles. The average molecular weight is 273 g/mol. The van der Waals surface area contributed by atoms with Crippen LogP contribution in [0.1, 0.15) is 48.0 Å². The summed E-state index contributed by atoms with van der Waals surface area (Å²) in [6.07, 6.45) is -0.109. The maximum absolute atomic E-state index is 15.1. The molecule has 0 saturated carbocycles. The van der Waals surface area contributed by atoms with Crippen LogP contribution in [0.15, 0.2) is 0 Å². The third-order valence-electron chi connectivity index (χ3n) is 3.62. The Labute approximate surface area is 116 Å². The van der Waals surface area contributed by atoms with Crippen molar-refractivity contribution in [2.24, 2.45) is 5.41 Å². The lowest BCUT2D eigenvalue weighted by atomic mass is 9.80. The number of ether oxygens (including phenoxy) is 2. The van der Waals surface area contributed by atoms with Crippen LogP contribution in [0, 0.1) is 5.41 Å². The number of hydrogen-bond donors (Lipinski definition) is 1. The quantitative estimate of drug-likeness (QED) is 0.839. The molecule has 1 unspecified atom stereocenters. The van der Waals surface area contributed by atoms with Gasteiger partial charge in [-0.15, -0.1) is 0 Å². The van der Waals surface area contributed by atoms with Crippen molar-refractivity contribution in [3.05, 3.63) is 0 Å². The van der Waals surface area contributed by atoms with Crippen molar-refractivity contribution in [1.29, 1.82) is 0 Å². The minimum atomic E-state index is -1.35. The van der Waals surface area contributed by atoms with E-state index in [4.69, 9.17) is 9.47 Å². The predicted molar refractivity (Wildman–Crippen MR) is 74.1 cm³/mol. The Kier molecular flexibility index (Phi) is 3.74. The summed E-state index contributed by atoms with van der Waals surface area (Å²) in [6.45, 7) is 13.2. The molecule has 4 atom stereocenters. The van der Waals surface area contributed by atoms with E-state index in [2.05, 4.69) is 46.9 Å². The zero-order valence-corrected chi connectivity index (χ0v) is 13.0. The molecule has 0 amide bonds. The molecule has 1 N–H and O–H groups in total. The van der Waals surface area contributed by atoms with Crippen molar-refractivity contribution in [2.45, 2.75) is 77.4 Å². The number of hydrogen-bond acceptors (Lipinski definition) is 3. The van der Waals surface area contributed by atoms with E-state index < -0.39 is 11.8 Å². The van der Waals surface area contributed by atoms with E-state index in [1.54, 1.807) is 0 Å². The normalized spacial score (nSPS) is 39.6. The molecule has 4 heteroatoms. The third kappa shape index (κ3) is 3.47. The van der Waals surface area contributed by atoms with Gasteiger partial charge in [-0.25, -0.2) is 4.39 Å². The molecule has 2 heterocycles. The highest BCUT2D eigenvalue weighted by molar-refractivity contribution is 5.08. The number of alkyl halides is 1. The van der Waals surface area contributed by atoms with E-state index in [0.717, 1.165) is 0 Å². The summed E-state index contributed by atoms with van der Waals surface area (Å²) >= 11 is 0. The van der Waals surface area contributed by atoms with Crippen molar-refractivity contribution in [3.8, 4) is 0 Å². The Balaban J connectivity index is 2.05. The molecule has 2 saturated heterocycles. The molecule has 0 bridgehead atoms. The summed E-state index contributed by atoms with van der Waals surface area (Å²) in [5.74, 6) is 0. The monoisotopic (exact) mass is 273 g/mol. The standard InChI is InChI=1S/C15H28FNO2/c1-13(2,3)8-15(16)9-19-11-10(7-18-12(11)15)17-14(4,5)6/h10-12,17H,7-9H2,1-6H3/t10-,11-,12+,15?/m1/s1. The Morgan fingerprint density at radius 2 is 1.79 bits per heavy atom. The van der Waals surface area contributed by atoms with Crippen LogP contribution < -0.4 is 5.32 Å². The first-order valence-electron chi connectivity index (χ1n) is 7.20. The lowest BCUT2D eigenvalue weighted by molar-refractivity contribution is -0.0291. The Morgan fingerprint density at radius 3 is 2.32 bits per heavy atom. The molecule has 2 aliphatic heterocycles. The van der Waals surface area contributed by atoms with Gasteiger partial charge in [0.05, 0.1) is 19.3 Å². The van der Waals surface area contributed by atoms with Gasteiger partial charge in [0.2, 0.25) is 0 Å². The highest BCUT2D eigenvalue weighted by atomic mass is 19.1. The lowest BCUT2D eigenvalue weighted by Crippen LogP contribution is -2.50. The van der Waals surface area contributed by atoms with Gasteiger partial charge >= 0.3 is 0 Å². The zero-order valence-electron chi connectivity index (χ0n) is 13.0. The van der Waals surface area contributed by atoms with Crippen LogP contribution in [0.2, 0.25) is 0 Å². The molecule has 0 spiro atoms. The van der Waals surface area contributed by atoms with Crippen molar-refractivity contribution >= 4 is 0 Å². The van der Waals surface area contributed by atoms with Gasteiger partial charge in [0.1, 0.15) is 12.2 Å². The molecule has 2 rings (SSSR count). The van der Waals surface area contributed by atoms with Gasteiger partial charge in [-0.2, -0.15) is 0 Å². The van der Waals surface area contributed by atoms with Gasteiger partial charge in [-0.3, -0.25) is 0 Å². The van der Waals surface area contributed by atoms with Gasteiger partial charge in [0.15, 0.2) is 5.67 Å². The highest BCUT2D eigenvalue weighted by Gasteiger charge is 2.58. The van der Waals surface area contributed by atoms with Crippen molar-refractivity contribution in [1.82, 2.24) is 5.32 Å². The first kappa shape index (κ1) is 15.2. The molecular formula is C15H28FNO2. The van der Waals surface area contributed by atoms with Crippen LogP contribution in [0.25, 0.3) is 0 Å². The van der Waals surface area contributed by atoms with Crippen LogP contribution >= 0.6 is 0 Å². The predicted octanol–water partition coefficient (Wildman–Crippen LogP) is 2.69. The molecule has 0 radical (unpaired) electrons. The van der Waals surface area contributed by atoms with Crippen LogP contribution in [-0.2, 0) is 9.47 Å². The van der Waals surface area contributed by atoms with Crippen LogP contribution in [0.3, 0.4) is 0 Å². The van der Waals surface area contributed by atoms with E-state index >= 15 is 4.39 Å². The van der Waals surface area contributed by atoms with Crippen LogP contribution in [0.5, 0.6) is 0 Å². The first-order valence-corrected chi connectivity index (χ1v) is 7.20. The first-order chi connectivity index (χ1) is 8.50. The third-order valence-corrected chi connectivity index (χ3v) is 3.62. The summed E-state index contributed by atoms with van der Waals surface area (Å²) in [5.41, 5.74) is -1.43. The minimum Gasteiger partial charge on any atom is -0.370 e. The molecule has 2 aliphatic rings. The van der Waals surface area contributed by atoms with E-state index in [0.29, 0.717) is 13.0 Å². The van der Waals surface area contributed by atoms with Crippen molar-refractivity contribution in [3.63, 3.8) is 0 Å². The summed E-state index contributed by atoms with van der Waals surface area (Å²) < 4.78 is 26.6. The maximum Gasteiger partial charge on any atom is 0.163 e. The highest BCUT2D eigenvalue weighted by Crippen LogP contribution is 2.43. The number of halogens is 1. The van der Waals surface area contributed by atoms with Crippen LogP contribution in [-0.4, -0.2) is 42.7 Å². The second-order valence-electron chi connectivity index (χ2n) is 8.30. The molecule has 2 fully saturated rings. The molecule has 0 aromatic carbocycles. The van der Waals surface area contributed by atoms with Gasteiger partial charge in [0.25, 0.3) is 0 Å². The Hall–Kier alpha value is -0.190. The van der Waals surface area contributed by atoms with Gasteiger partial charge in [-0.05, 0) is 32.6 Å². The second-order valence-corrected chi connectivity index (χ2v) is 8.30. The smallest absolute Gasteiger partial charge is 0.163 e. The summed E-state index contributed by atoms with van der Waals surface area (Å²) in [5, 5.41) is 3.47. The van der Waals surface area contributed by atoms with E-state index in [1.807, 2.05) is 0 Å². The lowest BCUT2D eigenvalue weighted by Gasteiger charge is -2.31. The van der Waals surface area contributed by atoms with Crippen molar-refractivity contribution < 1.29 is 13.9 Å². The molecule has 0 aromatic rings. The van der Waals surface area contributed by atoms with Crippen molar-refractivity contribution in [2.75, 3.05) is 13.2 Å². The summed E-state index contributed by atoms with van der Waals surface area (Å²) in [6, 6.07) is 0.0857. The van der Waals surface area contributed by atoms with Crippen LogP contribution in [0.4, 0.5) is 4.39 Å². The SMILES string of the molecule is CC(C)(C)CC1(F)CO[C@@H]2[C@H](NC(C)(C)C)CO[C@@H]21. The maximum atomic E-state index is 15.1. The van der Waals surface area contributed by atoms with Gasteiger partial charge in [-0.1, -0.05) is 20.8 Å². The zero-order chi connectivity index (χ0) is 14.5. The number of fused-ring (bicyclic) bond motifs is 1. The molecule has 19 heavy (non-hydrogen) atoms. The summed E-state index contributed by atoms with van der Waals surface area (Å²) in [7, 11) is 0. The Morgan fingerprint density at radius 1 is 1.16 bits per heavy atom. The topological polar surface area (TPSA) is 30.5 Å². The van der Waals surface area contributed by atoms with E-state index in [9.17, 15) is 0 Å². The average Bonchev–Trinajstić information content (AvgIpc) is 2.65. The second kappa shape index (κ2) is 4.68. The fourth-order valence-electron chi connectivity index (χ4n) is 3.29. The van der Waals surface area contributed by atoms with E-state index in [-0.39, 0.29) is 29.7 Å². The van der Waals surface area contributed by atoms with Gasteiger partial charge < -0.3 is 14.8 Å². The Bertz CT molecular complexity index is 334. The summed E-state index contributed by atoms with van der Waals surface area (Å²) in [4.78, 5) is 0. The van der Waals surface area contributed by atoms with E-state index in [1.165, 1.54) is 0 Å². The van der Waals surface area contributed by atoms with Gasteiger partial charge in [0, 0.05) is 5.54 Å². The number of nitrogens with one attached hydrogen (secondary N) is 1. The fourth-order valence-corrected chi connectivity index (χ4v) is 3.29. The molecule has 112 valence electrons. The molecular weight excluding hydrogens is 245 g/mol. The fraction of sp³-hybridized carbons (Fsp3) is 1.00. The molecule has 0 aliphatic carbocycles. The largest absolute Gasteiger partial charge is 0.370 e. The number of rotatable bonds is 2.